The van der Waals surface area contributed by atoms with E-state index in [0.29, 0.717) is 0 Å². The standard InChI is InChI=1S/C14H24N2O6S2/c1-13(2,3)15-23(19,20)9-7-10(17)12(18)11(8-9)24(21,22)16-14(4,5)6/h7-8,15-18H,1-6H3. The molecule has 0 aliphatic heterocycles. The summed E-state index contributed by atoms with van der Waals surface area (Å²) in [5.74, 6) is -1.76. The smallest absolute Gasteiger partial charge is 0.244 e. The minimum atomic E-state index is -4.25. The van der Waals surface area contributed by atoms with Crippen LogP contribution >= 0.6 is 0 Å². The van der Waals surface area contributed by atoms with Gasteiger partial charge in [0.2, 0.25) is 20.0 Å². The van der Waals surface area contributed by atoms with Gasteiger partial charge in [-0.1, -0.05) is 0 Å². The van der Waals surface area contributed by atoms with Crippen LogP contribution in [-0.2, 0) is 20.0 Å². The molecule has 1 aromatic rings. The Morgan fingerprint density at radius 3 is 1.62 bits per heavy atom. The zero-order valence-corrected chi connectivity index (χ0v) is 16.1. The van der Waals surface area contributed by atoms with Crippen LogP contribution in [0.2, 0.25) is 0 Å². The molecule has 0 amide bonds. The number of hydrogen-bond donors (Lipinski definition) is 4. The van der Waals surface area contributed by atoms with Gasteiger partial charge in [-0.05, 0) is 47.6 Å². The number of rotatable bonds is 4. The van der Waals surface area contributed by atoms with Crippen molar-refractivity contribution in [3.05, 3.63) is 12.1 Å². The number of hydrogen-bond acceptors (Lipinski definition) is 6. The number of aromatic hydroxyl groups is 2. The fourth-order valence-corrected chi connectivity index (χ4v) is 4.94. The van der Waals surface area contributed by atoms with Gasteiger partial charge in [0.05, 0.1) is 4.90 Å². The minimum Gasteiger partial charge on any atom is -0.504 e. The molecule has 0 aromatic heterocycles. The van der Waals surface area contributed by atoms with Crippen molar-refractivity contribution in [2.45, 2.75) is 62.4 Å². The van der Waals surface area contributed by atoms with Gasteiger partial charge in [-0.3, -0.25) is 0 Å². The summed E-state index contributed by atoms with van der Waals surface area (Å²) < 4.78 is 54.1. The van der Waals surface area contributed by atoms with Crippen molar-refractivity contribution in [3.8, 4) is 11.5 Å². The van der Waals surface area contributed by atoms with Gasteiger partial charge in [0, 0.05) is 17.1 Å². The number of benzene rings is 1. The van der Waals surface area contributed by atoms with E-state index in [-0.39, 0.29) is 0 Å². The third-order valence-electron chi connectivity index (χ3n) is 2.51. The second-order valence-electron chi connectivity index (χ2n) is 7.50. The summed E-state index contributed by atoms with van der Waals surface area (Å²) in [5, 5.41) is 19.6. The zero-order valence-electron chi connectivity index (χ0n) is 14.5. The van der Waals surface area contributed by atoms with E-state index in [1.54, 1.807) is 41.5 Å². The molecule has 24 heavy (non-hydrogen) atoms. The lowest BCUT2D eigenvalue weighted by Crippen LogP contribution is -2.41. The lowest BCUT2D eigenvalue weighted by atomic mass is 10.1. The van der Waals surface area contributed by atoms with Gasteiger partial charge >= 0.3 is 0 Å². The highest BCUT2D eigenvalue weighted by Gasteiger charge is 2.30. The first-order valence-electron chi connectivity index (χ1n) is 7.09. The highest BCUT2D eigenvalue weighted by Crippen LogP contribution is 2.35. The zero-order chi connectivity index (χ0) is 19.1. The molecule has 10 heteroatoms. The second-order valence-corrected chi connectivity index (χ2v) is 10.8. The van der Waals surface area contributed by atoms with E-state index in [1.165, 1.54) is 0 Å². The van der Waals surface area contributed by atoms with Gasteiger partial charge < -0.3 is 10.2 Å². The average molecular weight is 380 g/mol. The summed E-state index contributed by atoms with van der Waals surface area (Å²) in [6.45, 7) is 9.60. The lowest BCUT2D eigenvalue weighted by Gasteiger charge is -2.22. The second kappa shape index (κ2) is 6.17. The molecule has 1 rings (SSSR count). The Hall–Kier alpha value is -1.36. The molecule has 0 fully saturated rings. The van der Waals surface area contributed by atoms with Gasteiger partial charge in [0.25, 0.3) is 0 Å². The summed E-state index contributed by atoms with van der Waals surface area (Å²) in [6, 6.07) is 1.59. The summed E-state index contributed by atoms with van der Waals surface area (Å²) in [4.78, 5) is -1.19. The van der Waals surface area contributed by atoms with Crippen molar-refractivity contribution in [2.75, 3.05) is 0 Å². The molecule has 8 nitrogen and oxygen atoms in total. The fourth-order valence-electron chi connectivity index (χ4n) is 1.85. The van der Waals surface area contributed by atoms with Crippen molar-refractivity contribution in [3.63, 3.8) is 0 Å². The predicted octanol–water partition coefficient (Wildman–Crippen LogP) is 1.25. The van der Waals surface area contributed by atoms with Crippen LogP contribution in [0, 0.1) is 0 Å². The number of phenolic OH excluding ortho intramolecular Hbond substituents is 2. The molecule has 4 N–H and O–H groups in total. The van der Waals surface area contributed by atoms with Crippen LogP contribution in [0.1, 0.15) is 41.5 Å². The Labute approximate surface area is 143 Å². The summed E-state index contributed by atoms with van der Waals surface area (Å²) in [5.41, 5.74) is -1.67. The van der Waals surface area contributed by atoms with Gasteiger partial charge in [0.1, 0.15) is 4.90 Å². The fraction of sp³-hybridized carbons (Fsp3) is 0.571. The van der Waals surface area contributed by atoms with Crippen molar-refractivity contribution >= 4 is 20.0 Å². The Morgan fingerprint density at radius 2 is 1.21 bits per heavy atom. The third kappa shape index (κ3) is 5.33. The molecule has 0 spiro atoms. The highest BCUT2D eigenvalue weighted by molar-refractivity contribution is 7.90. The molecule has 0 radical (unpaired) electrons. The summed E-state index contributed by atoms with van der Waals surface area (Å²) >= 11 is 0. The van der Waals surface area contributed by atoms with Crippen LogP contribution in [0.4, 0.5) is 0 Å². The van der Waals surface area contributed by atoms with Crippen LogP contribution in [0.5, 0.6) is 11.5 Å². The van der Waals surface area contributed by atoms with Gasteiger partial charge in [-0.15, -0.1) is 0 Å². The van der Waals surface area contributed by atoms with Crippen LogP contribution in [0.3, 0.4) is 0 Å². The Balaban J connectivity index is 3.55. The topological polar surface area (TPSA) is 133 Å². The van der Waals surface area contributed by atoms with Crippen LogP contribution in [0.15, 0.2) is 21.9 Å². The monoisotopic (exact) mass is 380 g/mol. The first-order valence-corrected chi connectivity index (χ1v) is 10.1. The van der Waals surface area contributed by atoms with E-state index in [1.807, 2.05) is 0 Å². The van der Waals surface area contributed by atoms with E-state index >= 15 is 0 Å². The molecule has 0 bridgehead atoms. The van der Waals surface area contributed by atoms with Gasteiger partial charge in [0.15, 0.2) is 11.5 Å². The quantitative estimate of drug-likeness (QED) is 0.581. The maximum absolute atomic E-state index is 12.4. The van der Waals surface area contributed by atoms with Crippen molar-refractivity contribution in [1.82, 2.24) is 9.44 Å². The molecule has 0 saturated heterocycles. The highest BCUT2D eigenvalue weighted by atomic mass is 32.2. The molecule has 138 valence electrons. The van der Waals surface area contributed by atoms with E-state index in [4.69, 9.17) is 0 Å². The molecule has 0 atom stereocenters. The van der Waals surface area contributed by atoms with Gasteiger partial charge in [-0.25, -0.2) is 26.3 Å². The molecule has 0 unspecified atom stereocenters. The van der Waals surface area contributed by atoms with Crippen LogP contribution in [0.25, 0.3) is 0 Å². The molecule has 0 saturated carbocycles. The third-order valence-corrected chi connectivity index (χ3v) is 6.02. The largest absolute Gasteiger partial charge is 0.504 e. The molecule has 1 aromatic carbocycles. The number of nitrogens with one attached hydrogen (secondary N) is 2. The van der Waals surface area contributed by atoms with Crippen molar-refractivity contribution in [2.24, 2.45) is 0 Å². The first kappa shape index (κ1) is 20.7. The molecular formula is C14H24N2O6S2. The molecule has 0 heterocycles. The maximum Gasteiger partial charge on any atom is 0.244 e. The number of phenols is 2. The van der Waals surface area contributed by atoms with E-state index in [2.05, 4.69) is 9.44 Å². The van der Waals surface area contributed by atoms with Crippen LogP contribution < -0.4 is 9.44 Å². The summed E-state index contributed by atoms with van der Waals surface area (Å²) in [7, 11) is -8.35. The SMILES string of the molecule is CC(C)(C)NS(=O)(=O)c1cc(O)c(O)c(S(=O)(=O)NC(C)(C)C)c1. The first-order chi connectivity index (χ1) is 10.4. The van der Waals surface area contributed by atoms with Crippen molar-refractivity contribution in [1.29, 1.82) is 0 Å². The maximum atomic E-state index is 12.4. The normalized spacial score (nSPS) is 13.9. The number of sulfonamides is 2. The molecule has 0 aliphatic rings. The van der Waals surface area contributed by atoms with E-state index in [9.17, 15) is 27.0 Å². The Morgan fingerprint density at radius 1 is 0.792 bits per heavy atom. The predicted molar refractivity (Wildman–Crippen MR) is 89.9 cm³/mol. The Kier molecular flexibility index (Phi) is 5.32. The van der Waals surface area contributed by atoms with Gasteiger partial charge in [-0.2, -0.15) is 0 Å². The van der Waals surface area contributed by atoms with E-state index in [0.717, 1.165) is 12.1 Å². The Bertz CT molecular complexity index is 831. The van der Waals surface area contributed by atoms with Crippen LogP contribution in [-0.4, -0.2) is 38.1 Å². The molecule has 0 aliphatic carbocycles. The van der Waals surface area contributed by atoms with Crippen molar-refractivity contribution < 1.29 is 27.0 Å². The van der Waals surface area contributed by atoms with E-state index < -0.39 is 52.4 Å². The molecular weight excluding hydrogens is 356 g/mol. The lowest BCUT2D eigenvalue weighted by molar-refractivity contribution is 0.389. The minimum absolute atomic E-state index is 0.470. The summed E-state index contributed by atoms with van der Waals surface area (Å²) in [6.07, 6.45) is 0. The average Bonchev–Trinajstić information content (AvgIpc) is 2.25.